The highest BCUT2D eigenvalue weighted by atomic mass is 16.1. The average Bonchev–Trinajstić information content (AvgIpc) is 2.46. The number of aryl methyl sites for hydroxylation is 1. The monoisotopic (exact) mass is 246 g/mol. The molecule has 1 heteroatoms. The molecule has 0 saturated heterocycles. The molecule has 0 radical (unpaired) electrons. The van der Waals surface area contributed by atoms with E-state index in [4.69, 9.17) is 0 Å². The van der Waals surface area contributed by atoms with Gasteiger partial charge in [-0.15, -0.1) is 0 Å². The van der Waals surface area contributed by atoms with Crippen LogP contribution < -0.4 is 0 Å². The van der Waals surface area contributed by atoms with Crippen LogP contribution in [0.2, 0.25) is 0 Å². The highest BCUT2D eigenvalue weighted by molar-refractivity contribution is 6.16. The van der Waals surface area contributed by atoms with E-state index in [9.17, 15) is 4.79 Å². The van der Waals surface area contributed by atoms with Crippen LogP contribution in [0.4, 0.5) is 0 Å². The van der Waals surface area contributed by atoms with E-state index in [1.165, 1.54) is 0 Å². The fraction of sp³-hybridized carbons (Fsp3) is 0.0556. The van der Waals surface area contributed by atoms with Gasteiger partial charge in [0.05, 0.1) is 0 Å². The van der Waals surface area contributed by atoms with Gasteiger partial charge in [0.25, 0.3) is 0 Å². The van der Waals surface area contributed by atoms with Crippen molar-refractivity contribution < 1.29 is 4.79 Å². The van der Waals surface area contributed by atoms with Gasteiger partial charge in [0.2, 0.25) is 0 Å². The number of carbonyl (C=O) groups is 1. The highest BCUT2D eigenvalue weighted by Crippen LogP contribution is 2.22. The maximum atomic E-state index is 12.7. The van der Waals surface area contributed by atoms with Crippen LogP contribution in [0.25, 0.3) is 10.8 Å². The minimum Gasteiger partial charge on any atom is -0.289 e. The molecule has 92 valence electrons. The zero-order chi connectivity index (χ0) is 13.2. The number of hydrogen-bond donors (Lipinski definition) is 0. The summed E-state index contributed by atoms with van der Waals surface area (Å²) in [6, 6.07) is 21.6. The fourth-order valence-electron chi connectivity index (χ4n) is 2.40. The molecule has 0 aliphatic carbocycles. The van der Waals surface area contributed by atoms with Gasteiger partial charge >= 0.3 is 0 Å². The highest BCUT2D eigenvalue weighted by Gasteiger charge is 2.13. The number of hydrogen-bond acceptors (Lipinski definition) is 1. The first kappa shape index (κ1) is 11.7. The zero-order valence-corrected chi connectivity index (χ0v) is 10.8. The second-order valence-electron chi connectivity index (χ2n) is 4.67. The molecule has 0 aromatic heterocycles. The molecule has 0 N–H and O–H groups in total. The van der Waals surface area contributed by atoms with Gasteiger partial charge in [-0.3, -0.25) is 4.79 Å². The van der Waals surface area contributed by atoms with Crippen molar-refractivity contribution >= 4 is 16.6 Å². The molecule has 0 heterocycles. The molecule has 3 rings (SSSR count). The zero-order valence-electron chi connectivity index (χ0n) is 10.8. The van der Waals surface area contributed by atoms with E-state index < -0.39 is 0 Å². The first-order chi connectivity index (χ1) is 9.27. The minimum atomic E-state index is 0.0925. The van der Waals surface area contributed by atoms with Crippen LogP contribution in [-0.2, 0) is 0 Å². The SMILES string of the molecule is Cc1ccccc1C(=O)c1cccc2ccccc12. The first-order valence-electron chi connectivity index (χ1n) is 6.35. The summed E-state index contributed by atoms with van der Waals surface area (Å²) in [5.74, 6) is 0.0925. The Morgan fingerprint density at radius 3 is 2.21 bits per heavy atom. The lowest BCUT2D eigenvalue weighted by Crippen LogP contribution is -2.04. The topological polar surface area (TPSA) is 17.1 Å². The largest absolute Gasteiger partial charge is 0.289 e. The summed E-state index contributed by atoms with van der Waals surface area (Å²) in [6.07, 6.45) is 0. The van der Waals surface area contributed by atoms with Gasteiger partial charge in [0.1, 0.15) is 0 Å². The Morgan fingerprint density at radius 2 is 1.37 bits per heavy atom. The van der Waals surface area contributed by atoms with Crippen molar-refractivity contribution in [2.75, 3.05) is 0 Å². The number of ketones is 1. The van der Waals surface area contributed by atoms with Crippen molar-refractivity contribution in [1.29, 1.82) is 0 Å². The number of fused-ring (bicyclic) bond motifs is 1. The van der Waals surface area contributed by atoms with Crippen molar-refractivity contribution in [2.45, 2.75) is 6.92 Å². The van der Waals surface area contributed by atoms with Gasteiger partial charge < -0.3 is 0 Å². The standard InChI is InChI=1S/C18H14O/c1-13-7-2-4-10-15(13)18(19)17-12-6-9-14-8-3-5-11-16(14)17/h2-12H,1H3. The molecule has 3 aromatic carbocycles. The molecule has 0 aliphatic rings. The van der Waals surface area contributed by atoms with Crippen LogP contribution in [0.3, 0.4) is 0 Å². The lowest BCUT2D eigenvalue weighted by Gasteiger charge is -2.07. The number of carbonyl (C=O) groups excluding carboxylic acids is 1. The van der Waals surface area contributed by atoms with Gasteiger partial charge in [-0.05, 0) is 23.3 Å². The van der Waals surface area contributed by atoms with Crippen molar-refractivity contribution in [3.8, 4) is 0 Å². The number of rotatable bonds is 2. The molecular weight excluding hydrogens is 232 g/mol. The summed E-state index contributed by atoms with van der Waals surface area (Å²) in [4.78, 5) is 12.7. The average molecular weight is 246 g/mol. The second kappa shape index (κ2) is 4.69. The third kappa shape index (κ3) is 2.04. The van der Waals surface area contributed by atoms with E-state index in [0.29, 0.717) is 0 Å². The Balaban J connectivity index is 2.20. The van der Waals surface area contributed by atoms with Crippen molar-refractivity contribution in [1.82, 2.24) is 0 Å². The quantitative estimate of drug-likeness (QED) is 0.613. The maximum Gasteiger partial charge on any atom is 0.193 e. The molecule has 0 spiro atoms. The Labute approximate surface area is 112 Å². The van der Waals surface area contributed by atoms with Gasteiger partial charge in [-0.2, -0.15) is 0 Å². The van der Waals surface area contributed by atoms with Crippen molar-refractivity contribution in [2.24, 2.45) is 0 Å². The summed E-state index contributed by atoms with van der Waals surface area (Å²) >= 11 is 0. The molecule has 0 fully saturated rings. The van der Waals surface area contributed by atoms with E-state index >= 15 is 0 Å². The third-order valence-corrected chi connectivity index (χ3v) is 3.42. The number of benzene rings is 3. The predicted molar refractivity (Wildman–Crippen MR) is 78.6 cm³/mol. The molecule has 0 atom stereocenters. The maximum absolute atomic E-state index is 12.7. The summed E-state index contributed by atoms with van der Waals surface area (Å²) in [5.41, 5.74) is 2.56. The molecule has 0 amide bonds. The van der Waals surface area contributed by atoms with Crippen LogP contribution in [0.15, 0.2) is 66.7 Å². The van der Waals surface area contributed by atoms with Gasteiger partial charge in [0, 0.05) is 11.1 Å². The smallest absolute Gasteiger partial charge is 0.193 e. The molecule has 3 aromatic rings. The van der Waals surface area contributed by atoms with E-state index in [-0.39, 0.29) is 5.78 Å². The van der Waals surface area contributed by atoms with E-state index in [1.807, 2.05) is 73.7 Å². The molecule has 0 aliphatic heterocycles. The Bertz CT molecular complexity index is 751. The van der Waals surface area contributed by atoms with Crippen LogP contribution in [0, 0.1) is 6.92 Å². The molecule has 0 saturated carbocycles. The Morgan fingerprint density at radius 1 is 0.737 bits per heavy atom. The van der Waals surface area contributed by atoms with Gasteiger partial charge in [-0.1, -0.05) is 66.7 Å². The van der Waals surface area contributed by atoms with Gasteiger partial charge in [0.15, 0.2) is 5.78 Å². The van der Waals surface area contributed by atoms with E-state index in [2.05, 4.69) is 0 Å². The van der Waals surface area contributed by atoms with Crippen LogP contribution in [0.1, 0.15) is 21.5 Å². The van der Waals surface area contributed by atoms with E-state index in [1.54, 1.807) is 0 Å². The normalized spacial score (nSPS) is 10.6. The summed E-state index contributed by atoms with van der Waals surface area (Å²) < 4.78 is 0. The van der Waals surface area contributed by atoms with E-state index in [0.717, 1.165) is 27.5 Å². The van der Waals surface area contributed by atoms with Crippen molar-refractivity contribution in [3.63, 3.8) is 0 Å². The molecule has 0 unspecified atom stereocenters. The Kier molecular flexibility index (Phi) is 2.88. The molecule has 19 heavy (non-hydrogen) atoms. The summed E-state index contributed by atoms with van der Waals surface area (Å²) in [6.45, 7) is 1.97. The summed E-state index contributed by atoms with van der Waals surface area (Å²) in [7, 11) is 0. The lowest BCUT2D eigenvalue weighted by atomic mass is 9.95. The minimum absolute atomic E-state index is 0.0925. The van der Waals surface area contributed by atoms with Crippen molar-refractivity contribution in [3.05, 3.63) is 83.4 Å². The Hall–Kier alpha value is -2.41. The van der Waals surface area contributed by atoms with Crippen LogP contribution in [-0.4, -0.2) is 5.78 Å². The first-order valence-corrected chi connectivity index (χ1v) is 6.35. The predicted octanol–water partition coefficient (Wildman–Crippen LogP) is 4.38. The fourth-order valence-corrected chi connectivity index (χ4v) is 2.40. The second-order valence-corrected chi connectivity index (χ2v) is 4.67. The molecule has 0 bridgehead atoms. The molecular formula is C18H14O. The lowest BCUT2D eigenvalue weighted by molar-refractivity contribution is 0.103. The summed E-state index contributed by atoms with van der Waals surface area (Å²) in [5, 5.41) is 2.11. The third-order valence-electron chi connectivity index (χ3n) is 3.42. The van der Waals surface area contributed by atoms with Gasteiger partial charge in [-0.25, -0.2) is 0 Å². The van der Waals surface area contributed by atoms with Crippen LogP contribution >= 0.6 is 0 Å². The van der Waals surface area contributed by atoms with Crippen LogP contribution in [0.5, 0.6) is 0 Å². The molecule has 1 nitrogen and oxygen atoms in total.